The second kappa shape index (κ2) is 8.13. The number of nitrogens with two attached hydrogens (primary N) is 1. The summed E-state index contributed by atoms with van der Waals surface area (Å²) >= 11 is 4.86. The minimum Gasteiger partial charge on any atom is -0.465 e. The van der Waals surface area contributed by atoms with Crippen molar-refractivity contribution in [3.63, 3.8) is 0 Å². The fourth-order valence-electron chi connectivity index (χ4n) is 0.232. The molecule has 0 saturated heterocycles. The fraction of sp³-hybridized carbons (Fsp3) is 0.667. The molecule has 12 heavy (non-hydrogen) atoms. The first kappa shape index (κ1) is 13.6. The predicted molar refractivity (Wildman–Crippen MR) is 44.3 cm³/mol. The molecule has 0 spiro atoms. The Morgan fingerprint density at radius 2 is 1.92 bits per heavy atom. The van der Waals surface area contributed by atoms with Crippen LogP contribution in [0.4, 0.5) is 9.59 Å². The Bertz CT molecular complexity index is 144. The highest BCUT2D eigenvalue weighted by Gasteiger charge is 1.96. The van der Waals surface area contributed by atoms with Gasteiger partial charge < -0.3 is 15.6 Å². The fourth-order valence-corrected chi connectivity index (χ4v) is 0.295. The summed E-state index contributed by atoms with van der Waals surface area (Å²) in [7, 11) is 0. The van der Waals surface area contributed by atoms with Gasteiger partial charge in [0.25, 0.3) is 0 Å². The molecule has 0 heterocycles. The third kappa shape index (κ3) is 35.9. The van der Waals surface area contributed by atoms with E-state index in [4.69, 9.17) is 21.5 Å². The summed E-state index contributed by atoms with van der Waals surface area (Å²) in [5.41, 5.74) is 3.30. The lowest BCUT2D eigenvalue weighted by Gasteiger charge is -2.00. The second-order valence-electron chi connectivity index (χ2n) is 2.28. The maximum Gasteiger partial charge on any atom is 0.403 e. The van der Waals surface area contributed by atoms with Gasteiger partial charge in [0.15, 0.2) is 0 Å². The first-order chi connectivity index (χ1) is 5.36. The van der Waals surface area contributed by atoms with E-state index in [2.05, 4.69) is 10.5 Å². The van der Waals surface area contributed by atoms with Crippen LogP contribution in [0.3, 0.4) is 0 Å². The third-order valence-electron chi connectivity index (χ3n) is 0.530. The highest BCUT2D eigenvalue weighted by Crippen LogP contribution is 1.94. The van der Waals surface area contributed by atoms with Crippen LogP contribution in [0.15, 0.2) is 0 Å². The van der Waals surface area contributed by atoms with Gasteiger partial charge >= 0.3 is 11.5 Å². The molecule has 0 aliphatic carbocycles. The van der Waals surface area contributed by atoms with Gasteiger partial charge in [-0.2, -0.15) is 0 Å². The number of primary amides is 1. The molecular weight excluding hydrogens is 186 g/mol. The quantitative estimate of drug-likeness (QED) is 0.659. The Morgan fingerprint density at radius 3 is 2.00 bits per heavy atom. The molecule has 0 aromatic carbocycles. The van der Waals surface area contributed by atoms with E-state index in [0.29, 0.717) is 12.5 Å². The van der Waals surface area contributed by atoms with Gasteiger partial charge in [-0.15, -0.1) is 0 Å². The van der Waals surface area contributed by atoms with Crippen molar-refractivity contribution in [2.45, 2.75) is 13.8 Å². The van der Waals surface area contributed by atoms with Crippen LogP contribution >= 0.6 is 11.6 Å². The summed E-state index contributed by atoms with van der Waals surface area (Å²) in [4.78, 5) is 18.7. The first-order valence-corrected chi connectivity index (χ1v) is 3.54. The normalized spacial score (nSPS) is 8.33. The SMILES string of the molecule is CC(C)COC(=O)Cl.NC(=O)O. The largest absolute Gasteiger partial charge is 0.465 e. The highest BCUT2D eigenvalue weighted by molar-refractivity contribution is 6.61. The summed E-state index contributed by atoms with van der Waals surface area (Å²) in [5.74, 6) is 0.359. The van der Waals surface area contributed by atoms with E-state index in [1.165, 1.54) is 0 Å². The van der Waals surface area contributed by atoms with Crippen molar-refractivity contribution in [2.24, 2.45) is 11.7 Å². The van der Waals surface area contributed by atoms with Crippen LogP contribution in [-0.2, 0) is 4.74 Å². The number of amides is 1. The molecule has 0 fully saturated rings. The van der Waals surface area contributed by atoms with Gasteiger partial charge in [-0.25, -0.2) is 9.59 Å². The molecule has 0 aliphatic heterocycles. The van der Waals surface area contributed by atoms with Crippen LogP contribution < -0.4 is 5.73 Å². The Hall–Kier alpha value is -0.970. The van der Waals surface area contributed by atoms with Crippen molar-refractivity contribution in [3.05, 3.63) is 0 Å². The van der Waals surface area contributed by atoms with E-state index in [9.17, 15) is 4.79 Å². The van der Waals surface area contributed by atoms with Gasteiger partial charge in [0.05, 0.1) is 6.61 Å². The molecule has 0 aliphatic rings. The van der Waals surface area contributed by atoms with Crippen LogP contribution in [-0.4, -0.2) is 23.2 Å². The molecule has 0 bridgehead atoms. The summed E-state index contributed by atoms with van der Waals surface area (Å²) in [6, 6.07) is 0. The van der Waals surface area contributed by atoms with Crippen molar-refractivity contribution in [1.29, 1.82) is 0 Å². The Labute approximate surface area is 75.4 Å². The number of carbonyl (C=O) groups excluding carboxylic acids is 1. The van der Waals surface area contributed by atoms with Crippen LogP contribution in [0.1, 0.15) is 13.8 Å². The zero-order chi connectivity index (χ0) is 10.1. The topological polar surface area (TPSA) is 89.6 Å². The van der Waals surface area contributed by atoms with Gasteiger partial charge in [0, 0.05) is 11.6 Å². The smallest absolute Gasteiger partial charge is 0.403 e. The van der Waals surface area contributed by atoms with E-state index in [1.807, 2.05) is 13.8 Å². The van der Waals surface area contributed by atoms with Crippen molar-refractivity contribution in [3.8, 4) is 0 Å². The average molecular weight is 198 g/mol. The summed E-state index contributed by atoms with van der Waals surface area (Å²) in [5, 5.41) is 7.19. The number of halogens is 1. The van der Waals surface area contributed by atoms with Crippen molar-refractivity contribution in [2.75, 3.05) is 6.61 Å². The Balaban J connectivity index is 0. The lowest BCUT2D eigenvalue weighted by atomic mass is 10.2. The predicted octanol–water partition coefficient (Wildman–Crippen LogP) is 1.64. The van der Waals surface area contributed by atoms with E-state index in [-0.39, 0.29) is 0 Å². The van der Waals surface area contributed by atoms with E-state index in [0.717, 1.165) is 0 Å². The minimum absolute atomic E-state index is 0.359. The molecule has 72 valence electrons. The van der Waals surface area contributed by atoms with Crippen LogP contribution in [0.2, 0.25) is 0 Å². The van der Waals surface area contributed by atoms with E-state index in [1.54, 1.807) is 0 Å². The molecule has 0 aromatic heterocycles. The van der Waals surface area contributed by atoms with E-state index >= 15 is 0 Å². The summed E-state index contributed by atoms with van der Waals surface area (Å²) in [6.45, 7) is 4.29. The molecule has 6 heteroatoms. The molecule has 3 N–H and O–H groups in total. The number of hydrogen-bond acceptors (Lipinski definition) is 3. The molecule has 0 radical (unpaired) electrons. The number of rotatable bonds is 2. The van der Waals surface area contributed by atoms with Crippen LogP contribution in [0.25, 0.3) is 0 Å². The van der Waals surface area contributed by atoms with Gasteiger partial charge in [-0.3, -0.25) is 0 Å². The van der Waals surface area contributed by atoms with Crippen LogP contribution in [0, 0.1) is 5.92 Å². The molecule has 0 atom stereocenters. The summed E-state index contributed by atoms with van der Waals surface area (Å²) in [6.07, 6.45) is -1.33. The number of carbonyl (C=O) groups is 2. The lowest BCUT2D eigenvalue weighted by Crippen LogP contribution is -2.03. The number of ether oxygens (including phenoxy) is 1. The van der Waals surface area contributed by atoms with Gasteiger partial charge in [0.2, 0.25) is 0 Å². The molecule has 0 unspecified atom stereocenters. The van der Waals surface area contributed by atoms with Crippen LogP contribution in [0.5, 0.6) is 0 Å². The van der Waals surface area contributed by atoms with Gasteiger partial charge in [-0.1, -0.05) is 13.8 Å². The minimum atomic E-state index is -1.33. The lowest BCUT2D eigenvalue weighted by molar-refractivity contribution is 0.159. The average Bonchev–Trinajstić information content (AvgIpc) is 1.82. The van der Waals surface area contributed by atoms with Crippen molar-refractivity contribution >= 4 is 23.1 Å². The van der Waals surface area contributed by atoms with Crippen molar-refractivity contribution in [1.82, 2.24) is 0 Å². The second-order valence-corrected chi connectivity index (χ2v) is 2.59. The van der Waals surface area contributed by atoms with Gasteiger partial charge in [0.1, 0.15) is 0 Å². The van der Waals surface area contributed by atoms with Crippen molar-refractivity contribution < 1.29 is 19.4 Å². The number of hydrogen-bond donors (Lipinski definition) is 2. The summed E-state index contributed by atoms with van der Waals surface area (Å²) < 4.78 is 4.43. The Kier molecular flexibility index (Phi) is 9.22. The maximum absolute atomic E-state index is 9.89. The molecule has 0 aromatic rings. The van der Waals surface area contributed by atoms with E-state index < -0.39 is 11.5 Å². The number of carboxylic acid groups (broad SMARTS) is 1. The molecule has 0 saturated carbocycles. The maximum atomic E-state index is 9.89. The van der Waals surface area contributed by atoms with Gasteiger partial charge in [-0.05, 0) is 5.92 Å². The first-order valence-electron chi connectivity index (χ1n) is 3.17. The molecule has 5 nitrogen and oxygen atoms in total. The molecule has 1 amide bonds. The monoisotopic (exact) mass is 197 g/mol. The zero-order valence-corrected chi connectivity index (χ0v) is 7.67. The zero-order valence-electron chi connectivity index (χ0n) is 6.91. The molecule has 0 rings (SSSR count). The molecular formula is C6H12ClNO4. The standard InChI is InChI=1S/C5H9ClO2.CH3NO2/c1-4(2)3-8-5(6)7;2-1(3)4/h4H,3H2,1-2H3;2H2,(H,3,4). The highest BCUT2D eigenvalue weighted by atomic mass is 35.5. The third-order valence-corrected chi connectivity index (χ3v) is 0.639. The Morgan fingerprint density at radius 1 is 1.58 bits per heavy atom.